The van der Waals surface area contributed by atoms with Crippen LogP contribution in [0.1, 0.15) is 5.76 Å². The predicted octanol–water partition coefficient (Wildman–Crippen LogP) is 1.41. The van der Waals surface area contributed by atoms with Crippen LogP contribution in [-0.4, -0.2) is 31.3 Å². The van der Waals surface area contributed by atoms with Gasteiger partial charge in [0.25, 0.3) is 0 Å². The van der Waals surface area contributed by atoms with Gasteiger partial charge in [0.05, 0.1) is 5.75 Å². The molecule has 2 heterocycles. The van der Waals surface area contributed by atoms with E-state index in [0.717, 1.165) is 5.76 Å². The summed E-state index contributed by atoms with van der Waals surface area (Å²) in [6.45, 7) is -0.253. The first-order valence-electron chi connectivity index (χ1n) is 4.50. The minimum Gasteiger partial charge on any atom is -0.480 e. The molecule has 2 rings (SSSR count). The van der Waals surface area contributed by atoms with Crippen molar-refractivity contribution in [3.63, 3.8) is 0 Å². The molecule has 0 aromatic carbocycles. The van der Waals surface area contributed by atoms with Crippen LogP contribution in [0.25, 0.3) is 0 Å². The van der Waals surface area contributed by atoms with Crippen molar-refractivity contribution >= 4 is 33.7 Å². The highest BCUT2D eigenvalue weighted by Gasteiger charge is 2.11. The van der Waals surface area contributed by atoms with Crippen molar-refractivity contribution in [3.05, 3.63) is 22.6 Å². The van der Waals surface area contributed by atoms with Crippen molar-refractivity contribution in [2.45, 2.75) is 17.5 Å². The van der Waals surface area contributed by atoms with Crippen LogP contribution < -0.4 is 0 Å². The Balaban J connectivity index is 1.99. The normalized spacial score (nSPS) is 10.6. The minimum atomic E-state index is -0.986. The molecule has 2 aromatic heterocycles. The van der Waals surface area contributed by atoms with Crippen LogP contribution >= 0.6 is 27.7 Å². The van der Waals surface area contributed by atoms with E-state index in [1.165, 1.54) is 16.4 Å². The molecule has 0 spiro atoms. The Morgan fingerprint density at radius 3 is 3.06 bits per heavy atom. The van der Waals surface area contributed by atoms with Gasteiger partial charge < -0.3 is 9.52 Å². The average Bonchev–Trinajstić information content (AvgIpc) is 2.84. The fourth-order valence-corrected chi connectivity index (χ4v) is 2.20. The molecule has 2 aromatic rings. The molecule has 1 N–H and O–H groups in total. The molecule has 0 aliphatic heterocycles. The van der Waals surface area contributed by atoms with Gasteiger partial charge in [0.2, 0.25) is 5.16 Å². The second kappa shape index (κ2) is 5.32. The summed E-state index contributed by atoms with van der Waals surface area (Å²) in [4.78, 5) is 10.5. The largest absolute Gasteiger partial charge is 0.480 e. The molecule has 9 heteroatoms. The van der Waals surface area contributed by atoms with E-state index < -0.39 is 5.97 Å². The van der Waals surface area contributed by atoms with Gasteiger partial charge in [-0.1, -0.05) is 11.8 Å². The minimum absolute atomic E-state index is 0.253. The first-order chi connectivity index (χ1) is 8.15. The van der Waals surface area contributed by atoms with E-state index in [2.05, 4.69) is 31.5 Å². The highest BCUT2D eigenvalue weighted by Crippen LogP contribution is 2.23. The molecule has 0 aliphatic carbocycles. The number of aromatic nitrogens is 4. The maximum Gasteiger partial charge on any atom is 0.325 e. The van der Waals surface area contributed by atoms with Gasteiger partial charge in [-0.15, -0.1) is 5.10 Å². The Labute approximate surface area is 108 Å². The fourth-order valence-electron chi connectivity index (χ4n) is 1.09. The lowest BCUT2D eigenvalue weighted by Crippen LogP contribution is -2.11. The summed E-state index contributed by atoms with van der Waals surface area (Å²) in [5.74, 6) is 0.303. The maximum atomic E-state index is 10.5. The summed E-state index contributed by atoms with van der Waals surface area (Å²) < 4.78 is 7.18. The number of halogens is 1. The lowest BCUT2D eigenvalue weighted by Gasteiger charge is -1.99. The molecule has 0 aliphatic rings. The van der Waals surface area contributed by atoms with Crippen molar-refractivity contribution in [1.29, 1.82) is 0 Å². The molecule has 0 saturated carbocycles. The van der Waals surface area contributed by atoms with E-state index >= 15 is 0 Å². The lowest BCUT2D eigenvalue weighted by molar-refractivity contribution is -0.138. The number of carbonyl (C=O) groups is 1. The van der Waals surface area contributed by atoms with Crippen LogP contribution in [0.3, 0.4) is 0 Å². The number of tetrazole rings is 1. The van der Waals surface area contributed by atoms with Crippen molar-refractivity contribution in [3.8, 4) is 0 Å². The first kappa shape index (κ1) is 12.1. The number of hydrogen-bond acceptors (Lipinski definition) is 6. The molecule has 0 atom stereocenters. The van der Waals surface area contributed by atoms with Gasteiger partial charge >= 0.3 is 5.97 Å². The number of rotatable bonds is 5. The molecule has 17 heavy (non-hydrogen) atoms. The summed E-state index contributed by atoms with van der Waals surface area (Å²) in [7, 11) is 0. The van der Waals surface area contributed by atoms with Crippen LogP contribution in [0.2, 0.25) is 0 Å². The van der Waals surface area contributed by atoms with E-state index in [0.29, 0.717) is 15.6 Å². The van der Waals surface area contributed by atoms with Gasteiger partial charge in [-0.2, -0.15) is 0 Å². The second-order valence-electron chi connectivity index (χ2n) is 3.01. The number of furan rings is 1. The van der Waals surface area contributed by atoms with Gasteiger partial charge in [0.15, 0.2) is 4.67 Å². The van der Waals surface area contributed by atoms with Gasteiger partial charge in [-0.25, -0.2) is 4.68 Å². The molecule has 7 nitrogen and oxygen atoms in total. The number of carboxylic acids is 1. The molecule has 0 fully saturated rings. The molecule has 0 amide bonds. The van der Waals surface area contributed by atoms with Gasteiger partial charge in [0, 0.05) is 0 Å². The molecule has 0 unspecified atom stereocenters. The highest BCUT2D eigenvalue weighted by atomic mass is 79.9. The van der Waals surface area contributed by atoms with E-state index in [9.17, 15) is 4.79 Å². The standard InChI is InChI=1S/C8H7BrN4O3S/c9-6-2-1-5(16-6)4-17-8-10-11-12-13(8)3-7(14)15/h1-2H,3-4H2,(H,14,15). The third-order valence-electron chi connectivity index (χ3n) is 1.76. The second-order valence-corrected chi connectivity index (χ2v) is 4.73. The summed E-state index contributed by atoms with van der Waals surface area (Å²) in [5.41, 5.74) is 0. The maximum absolute atomic E-state index is 10.5. The summed E-state index contributed by atoms with van der Waals surface area (Å²) in [6.07, 6.45) is 0. The number of nitrogens with zero attached hydrogens (tertiary/aromatic N) is 4. The van der Waals surface area contributed by atoms with Crippen LogP contribution in [0.4, 0.5) is 0 Å². The highest BCUT2D eigenvalue weighted by molar-refractivity contribution is 9.10. The molecular weight excluding hydrogens is 312 g/mol. The van der Waals surface area contributed by atoms with E-state index in [-0.39, 0.29) is 6.54 Å². The van der Waals surface area contributed by atoms with Gasteiger partial charge in [-0.3, -0.25) is 4.79 Å². The van der Waals surface area contributed by atoms with Crippen LogP contribution in [0, 0.1) is 0 Å². The lowest BCUT2D eigenvalue weighted by atomic mass is 10.5. The SMILES string of the molecule is O=C(O)Cn1nnnc1SCc1ccc(Br)o1. The van der Waals surface area contributed by atoms with Crippen molar-refractivity contribution in [2.75, 3.05) is 0 Å². The molecule has 0 saturated heterocycles. The zero-order valence-electron chi connectivity index (χ0n) is 8.41. The zero-order valence-corrected chi connectivity index (χ0v) is 10.8. The fraction of sp³-hybridized carbons (Fsp3) is 0.250. The summed E-state index contributed by atoms with van der Waals surface area (Å²) >= 11 is 4.51. The Hall–Kier alpha value is -1.35. The summed E-state index contributed by atoms with van der Waals surface area (Å²) in [6, 6.07) is 3.61. The Morgan fingerprint density at radius 2 is 2.41 bits per heavy atom. The van der Waals surface area contributed by atoms with E-state index in [4.69, 9.17) is 9.52 Å². The zero-order chi connectivity index (χ0) is 12.3. The van der Waals surface area contributed by atoms with Crippen molar-refractivity contribution in [2.24, 2.45) is 0 Å². The topological polar surface area (TPSA) is 94.0 Å². The van der Waals surface area contributed by atoms with Crippen molar-refractivity contribution in [1.82, 2.24) is 20.2 Å². The number of aliphatic carboxylic acids is 1. The monoisotopic (exact) mass is 318 g/mol. The van der Waals surface area contributed by atoms with E-state index in [1.807, 2.05) is 6.07 Å². The molecule has 0 radical (unpaired) electrons. The van der Waals surface area contributed by atoms with Crippen LogP contribution in [0.15, 0.2) is 26.4 Å². The van der Waals surface area contributed by atoms with E-state index in [1.54, 1.807) is 6.07 Å². The molecule has 90 valence electrons. The molecular formula is C8H7BrN4O3S. The number of carboxylic acid groups (broad SMARTS) is 1. The first-order valence-corrected chi connectivity index (χ1v) is 6.28. The average molecular weight is 319 g/mol. The smallest absolute Gasteiger partial charge is 0.325 e. The third kappa shape index (κ3) is 3.30. The number of hydrogen-bond donors (Lipinski definition) is 1. The summed E-state index contributed by atoms with van der Waals surface area (Å²) in [5, 5.41) is 19.9. The Bertz CT molecular complexity index is 526. The van der Waals surface area contributed by atoms with Gasteiger partial charge in [0.1, 0.15) is 12.3 Å². The molecule has 0 bridgehead atoms. The number of thioether (sulfide) groups is 1. The Morgan fingerprint density at radius 1 is 1.59 bits per heavy atom. The van der Waals surface area contributed by atoms with Crippen LogP contribution in [0.5, 0.6) is 0 Å². The Kier molecular flexibility index (Phi) is 3.79. The quantitative estimate of drug-likeness (QED) is 0.833. The van der Waals surface area contributed by atoms with Gasteiger partial charge in [-0.05, 0) is 38.5 Å². The van der Waals surface area contributed by atoms with Crippen LogP contribution in [-0.2, 0) is 17.1 Å². The third-order valence-corrected chi connectivity index (χ3v) is 3.16. The van der Waals surface area contributed by atoms with Crippen molar-refractivity contribution < 1.29 is 14.3 Å². The predicted molar refractivity (Wildman–Crippen MR) is 61.4 cm³/mol.